The molecule has 1 aromatic heterocycles. The van der Waals surface area contributed by atoms with E-state index in [0.29, 0.717) is 11.3 Å². The summed E-state index contributed by atoms with van der Waals surface area (Å²) >= 11 is 0. The average molecular weight is 445 g/mol. The van der Waals surface area contributed by atoms with Crippen LogP contribution in [0.2, 0.25) is 0 Å². The molecule has 9 heteroatoms. The van der Waals surface area contributed by atoms with E-state index < -0.39 is 21.8 Å². The third-order valence-electron chi connectivity index (χ3n) is 4.04. The molecule has 0 aliphatic carbocycles. The summed E-state index contributed by atoms with van der Waals surface area (Å²) in [5, 5.41) is 0. The molecule has 0 aliphatic rings. The molecule has 0 atom stereocenters. The van der Waals surface area contributed by atoms with Crippen LogP contribution in [0.3, 0.4) is 0 Å². The van der Waals surface area contributed by atoms with Crippen molar-refractivity contribution in [2.75, 3.05) is 13.2 Å². The maximum Gasteiger partial charge on any atom is 0.330 e. The Labute approximate surface area is 179 Å². The number of nitrogens with one attached hydrogen (secondary N) is 1. The van der Waals surface area contributed by atoms with E-state index in [1.54, 1.807) is 36.4 Å². The highest BCUT2D eigenvalue weighted by Gasteiger charge is 2.14. The SMILES string of the molecule is O=C(/C=C/c1ccc(S(=O)(=O)NCc2ccco2)cc1)OCCOc1ccccc1F. The van der Waals surface area contributed by atoms with E-state index in [0.717, 1.165) is 0 Å². The van der Waals surface area contributed by atoms with Crippen molar-refractivity contribution in [1.82, 2.24) is 4.72 Å². The summed E-state index contributed by atoms with van der Waals surface area (Å²) in [7, 11) is -3.69. The fourth-order valence-corrected chi connectivity index (χ4v) is 3.48. The van der Waals surface area contributed by atoms with Gasteiger partial charge in [0.15, 0.2) is 11.6 Å². The molecule has 31 heavy (non-hydrogen) atoms. The van der Waals surface area contributed by atoms with Crippen molar-refractivity contribution in [3.05, 3.63) is 90.1 Å². The lowest BCUT2D eigenvalue weighted by molar-refractivity contribution is -0.138. The number of ether oxygens (including phenoxy) is 2. The first-order valence-corrected chi connectivity index (χ1v) is 10.8. The standard InChI is InChI=1S/C22H20FNO6S/c23-20-5-1-2-6-21(20)29-14-15-30-22(25)12-9-17-7-10-19(11-8-17)31(26,27)24-16-18-4-3-13-28-18/h1-13,24H,14-16H2/b12-9+. The van der Waals surface area contributed by atoms with E-state index in [4.69, 9.17) is 13.9 Å². The summed E-state index contributed by atoms with van der Waals surface area (Å²) in [6.45, 7) is 0.0115. The van der Waals surface area contributed by atoms with Gasteiger partial charge >= 0.3 is 5.97 Å². The zero-order valence-electron chi connectivity index (χ0n) is 16.4. The number of para-hydroxylation sites is 1. The number of esters is 1. The molecular formula is C22H20FNO6S. The first-order valence-electron chi connectivity index (χ1n) is 9.28. The zero-order chi connectivity index (χ0) is 22.1. The maximum absolute atomic E-state index is 13.4. The van der Waals surface area contributed by atoms with Crippen molar-refractivity contribution in [2.24, 2.45) is 0 Å². The van der Waals surface area contributed by atoms with Gasteiger partial charge in [-0.15, -0.1) is 0 Å². The van der Waals surface area contributed by atoms with Crippen molar-refractivity contribution >= 4 is 22.1 Å². The summed E-state index contributed by atoms with van der Waals surface area (Å²) < 4.78 is 55.7. The highest BCUT2D eigenvalue weighted by molar-refractivity contribution is 7.89. The van der Waals surface area contributed by atoms with E-state index in [-0.39, 0.29) is 30.4 Å². The normalized spacial score (nSPS) is 11.5. The quantitative estimate of drug-likeness (QED) is 0.291. The number of hydrogen-bond acceptors (Lipinski definition) is 6. The average Bonchev–Trinajstić information content (AvgIpc) is 3.29. The Kier molecular flexibility index (Phi) is 7.58. The van der Waals surface area contributed by atoms with Crippen LogP contribution < -0.4 is 9.46 Å². The molecule has 1 N–H and O–H groups in total. The summed E-state index contributed by atoms with van der Waals surface area (Å²) in [5.41, 5.74) is 0.615. The Morgan fingerprint density at radius 1 is 1.03 bits per heavy atom. The van der Waals surface area contributed by atoms with Crippen LogP contribution in [-0.4, -0.2) is 27.6 Å². The van der Waals surface area contributed by atoms with Crippen molar-refractivity contribution in [3.8, 4) is 5.75 Å². The van der Waals surface area contributed by atoms with Crippen LogP contribution in [0.5, 0.6) is 5.75 Å². The molecule has 0 saturated heterocycles. The van der Waals surface area contributed by atoms with Crippen LogP contribution in [0, 0.1) is 5.82 Å². The van der Waals surface area contributed by atoms with Crippen molar-refractivity contribution in [1.29, 1.82) is 0 Å². The Morgan fingerprint density at radius 2 is 1.81 bits per heavy atom. The number of carbonyl (C=O) groups excluding carboxylic acids is 1. The molecule has 0 saturated carbocycles. The first-order chi connectivity index (χ1) is 14.9. The number of furan rings is 1. The molecule has 0 spiro atoms. The molecule has 3 aromatic rings. The fourth-order valence-electron chi connectivity index (χ4n) is 2.49. The Bertz CT molecular complexity index is 1130. The van der Waals surface area contributed by atoms with E-state index in [9.17, 15) is 17.6 Å². The third-order valence-corrected chi connectivity index (χ3v) is 5.46. The lowest BCUT2D eigenvalue weighted by Crippen LogP contribution is -2.22. The summed E-state index contributed by atoms with van der Waals surface area (Å²) in [6, 6.07) is 15.3. The molecule has 0 unspecified atom stereocenters. The Morgan fingerprint density at radius 3 is 2.52 bits per heavy atom. The van der Waals surface area contributed by atoms with Crippen molar-refractivity contribution in [3.63, 3.8) is 0 Å². The zero-order valence-corrected chi connectivity index (χ0v) is 17.2. The molecule has 7 nitrogen and oxygen atoms in total. The van der Waals surface area contributed by atoms with Gasteiger partial charge in [0, 0.05) is 6.08 Å². The number of halogens is 1. The second-order valence-corrected chi connectivity index (χ2v) is 8.02. The van der Waals surface area contributed by atoms with Gasteiger partial charge in [-0.2, -0.15) is 0 Å². The van der Waals surface area contributed by atoms with Crippen LogP contribution in [0.4, 0.5) is 4.39 Å². The van der Waals surface area contributed by atoms with Crippen LogP contribution in [0.1, 0.15) is 11.3 Å². The molecule has 0 bridgehead atoms. The largest absolute Gasteiger partial charge is 0.487 e. The number of hydrogen-bond donors (Lipinski definition) is 1. The van der Waals surface area contributed by atoms with E-state index >= 15 is 0 Å². The van der Waals surface area contributed by atoms with Gasteiger partial charge in [-0.05, 0) is 48.0 Å². The smallest absolute Gasteiger partial charge is 0.330 e. The number of carbonyl (C=O) groups is 1. The second-order valence-electron chi connectivity index (χ2n) is 6.25. The van der Waals surface area contributed by atoms with Crippen LogP contribution in [-0.2, 0) is 26.1 Å². The highest BCUT2D eigenvalue weighted by atomic mass is 32.2. The lowest BCUT2D eigenvalue weighted by Gasteiger charge is -2.07. The number of sulfonamides is 1. The van der Waals surface area contributed by atoms with Crippen LogP contribution in [0.15, 0.2) is 82.3 Å². The van der Waals surface area contributed by atoms with Gasteiger partial charge < -0.3 is 13.9 Å². The van der Waals surface area contributed by atoms with Gasteiger partial charge in [-0.25, -0.2) is 22.3 Å². The molecular weight excluding hydrogens is 425 g/mol. The minimum atomic E-state index is -3.69. The van der Waals surface area contributed by atoms with Gasteiger partial charge in [0.2, 0.25) is 10.0 Å². The minimum absolute atomic E-state index is 0.0120. The summed E-state index contributed by atoms with van der Waals surface area (Å²) in [5.74, 6) is -0.506. The second kappa shape index (κ2) is 10.6. The number of rotatable bonds is 10. The fraction of sp³-hybridized carbons (Fsp3) is 0.136. The summed E-state index contributed by atoms with van der Waals surface area (Å²) in [6.07, 6.45) is 4.17. The first kappa shape index (κ1) is 22.3. The lowest BCUT2D eigenvalue weighted by atomic mass is 10.2. The van der Waals surface area contributed by atoms with Crippen molar-refractivity contribution < 1.29 is 31.5 Å². The molecule has 0 fully saturated rings. The maximum atomic E-state index is 13.4. The highest BCUT2D eigenvalue weighted by Crippen LogP contribution is 2.15. The molecule has 3 rings (SSSR count). The third kappa shape index (κ3) is 6.80. The Balaban J connectivity index is 1.45. The van der Waals surface area contributed by atoms with Crippen LogP contribution in [0.25, 0.3) is 6.08 Å². The molecule has 0 radical (unpaired) electrons. The van der Waals surface area contributed by atoms with Gasteiger partial charge in [0.05, 0.1) is 17.7 Å². The summed E-state index contributed by atoms with van der Waals surface area (Å²) in [4.78, 5) is 11.9. The van der Waals surface area contributed by atoms with E-state index in [1.165, 1.54) is 42.7 Å². The van der Waals surface area contributed by atoms with E-state index in [2.05, 4.69) is 4.72 Å². The monoisotopic (exact) mass is 445 g/mol. The van der Waals surface area contributed by atoms with E-state index in [1.807, 2.05) is 0 Å². The van der Waals surface area contributed by atoms with Crippen LogP contribution >= 0.6 is 0 Å². The Hall–Kier alpha value is -3.43. The topological polar surface area (TPSA) is 94.8 Å². The van der Waals surface area contributed by atoms with Crippen molar-refractivity contribution in [2.45, 2.75) is 11.4 Å². The van der Waals surface area contributed by atoms with Gasteiger partial charge in [-0.1, -0.05) is 24.3 Å². The predicted molar refractivity (Wildman–Crippen MR) is 111 cm³/mol. The molecule has 2 aromatic carbocycles. The van der Waals surface area contributed by atoms with Gasteiger partial charge in [0.1, 0.15) is 19.0 Å². The molecule has 1 heterocycles. The predicted octanol–water partition coefficient (Wildman–Crippen LogP) is 3.53. The van der Waals surface area contributed by atoms with Gasteiger partial charge in [0.25, 0.3) is 0 Å². The molecule has 162 valence electrons. The van der Waals surface area contributed by atoms with Gasteiger partial charge in [-0.3, -0.25) is 0 Å². The molecule has 0 aliphatic heterocycles. The minimum Gasteiger partial charge on any atom is -0.487 e. The number of benzene rings is 2. The molecule has 0 amide bonds.